The quantitative estimate of drug-likeness (QED) is 0.496. The Morgan fingerprint density at radius 3 is 1.97 bits per heavy atom. The zero-order chi connectivity index (χ0) is 23.3. The molecule has 0 fully saturated rings. The van der Waals surface area contributed by atoms with E-state index in [0.29, 0.717) is 17.0 Å². The summed E-state index contributed by atoms with van der Waals surface area (Å²) in [7, 11) is -2.42. The fraction of sp³-hybridized carbons (Fsp3) is 0.130. The second-order valence-corrected chi connectivity index (χ2v) is 8.83. The third-order valence-corrected chi connectivity index (χ3v) is 5.90. The van der Waals surface area contributed by atoms with Crippen LogP contribution in [0.4, 0.5) is 5.69 Å². The highest BCUT2D eigenvalue weighted by atomic mass is 32.2. The van der Waals surface area contributed by atoms with Gasteiger partial charge in [-0.15, -0.1) is 0 Å². The van der Waals surface area contributed by atoms with Crippen molar-refractivity contribution in [2.24, 2.45) is 0 Å². The van der Waals surface area contributed by atoms with Crippen molar-refractivity contribution in [1.29, 1.82) is 0 Å². The Balaban J connectivity index is 1.70. The van der Waals surface area contributed by atoms with E-state index in [2.05, 4.69) is 15.6 Å². The number of carbonyl (C=O) groups excluding carboxylic acids is 2. The molecule has 32 heavy (non-hydrogen) atoms. The van der Waals surface area contributed by atoms with Crippen LogP contribution in [0, 0.1) is 13.8 Å². The lowest BCUT2D eigenvalue weighted by atomic mass is 10.1. The molecule has 8 nitrogen and oxygen atoms in total. The summed E-state index contributed by atoms with van der Waals surface area (Å²) in [5, 5.41) is 0. The smallest absolute Gasteiger partial charge is 0.269 e. The molecule has 0 aliphatic heterocycles. The van der Waals surface area contributed by atoms with Crippen LogP contribution >= 0.6 is 0 Å². The summed E-state index contributed by atoms with van der Waals surface area (Å²) in [5.41, 5.74) is 7.32. The Hall–Kier alpha value is -3.85. The van der Waals surface area contributed by atoms with E-state index in [1.165, 1.54) is 31.4 Å². The first-order valence-corrected chi connectivity index (χ1v) is 11.1. The second-order valence-electron chi connectivity index (χ2n) is 7.15. The number of nitrogens with one attached hydrogen (secondary N) is 3. The minimum atomic E-state index is -3.93. The maximum atomic E-state index is 12.7. The topological polar surface area (TPSA) is 114 Å². The van der Waals surface area contributed by atoms with Gasteiger partial charge in [-0.25, -0.2) is 8.42 Å². The van der Waals surface area contributed by atoms with Crippen molar-refractivity contribution < 1.29 is 22.7 Å². The Kier molecular flexibility index (Phi) is 6.79. The Morgan fingerprint density at radius 2 is 1.38 bits per heavy atom. The summed E-state index contributed by atoms with van der Waals surface area (Å²) in [6.45, 7) is 3.74. The van der Waals surface area contributed by atoms with Crippen LogP contribution in [-0.2, 0) is 10.0 Å². The lowest BCUT2D eigenvalue weighted by Gasteiger charge is -2.11. The summed E-state index contributed by atoms with van der Waals surface area (Å²) < 4.78 is 32.9. The summed E-state index contributed by atoms with van der Waals surface area (Å²) in [6, 6.07) is 17.2. The van der Waals surface area contributed by atoms with E-state index in [4.69, 9.17) is 4.74 Å². The van der Waals surface area contributed by atoms with Gasteiger partial charge in [0, 0.05) is 16.8 Å². The molecular formula is C23H23N3O5S. The lowest BCUT2D eigenvalue weighted by molar-refractivity contribution is 0.0846. The van der Waals surface area contributed by atoms with Crippen LogP contribution in [0.2, 0.25) is 0 Å². The van der Waals surface area contributed by atoms with Gasteiger partial charge < -0.3 is 4.74 Å². The average molecular weight is 454 g/mol. The van der Waals surface area contributed by atoms with Crippen molar-refractivity contribution in [3.63, 3.8) is 0 Å². The first-order chi connectivity index (χ1) is 15.2. The maximum Gasteiger partial charge on any atom is 0.269 e. The predicted molar refractivity (Wildman–Crippen MR) is 121 cm³/mol. The van der Waals surface area contributed by atoms with Crippen LogP contribution in [-0.4, -0.2) is 27.3 Å². The number of hydrogen-bond acceptors (Lipinski definition) is 5. The van der Waals surface area contributed by atoms with Gasteiger partial charge in [0.15, 0.2) is 0 Å². The molecule has 0 bridgehead atoms. The van der Waals surface area contributed by atoms with Gasteiger partial charge in [-0.05, 0) is 68.4 Å². The number of ether oxygens (including phenoxy) is 1. The van der Waals surface area contributed by atoms with Crippen LogP contribution in [0.5, 0.6) is 5.75 Å². The molecule has 0 aromatic heterocycles. The number of hydrazine groups is 1. The molecule has 0 unspecified atom stereocenters. The highest BCUT2D eigenvalue weighted by Crippen LogP contribution is 2.20. The van der Waals surface area contributed by atoms with Crippen LogP contribution in [0.3, 0.4) is 0 Å². The van der Waals surface area contributed by atoms with Crippen molar-refractivity contribution in [3.8, 4) is 5.75 Å². The second kappa shape index (κ2) is 9.52. The zero-order valence-electron chi connectivity index (χ0n) is 17.8. The van der Waals surface area contributed by atoms with E-state index in [9.17, 15) is 18.0 Å². The van der Waals surface area contributed by atoms with Crippen molar-refractivity contribution in [1.82, 2.24) is 10.9 Å². The van der Waals surface area contributed by atoms with Gasteiger partial charge in [0.25, 0.3) is 21.8 Å². The highest BCUT2D eigenvalue weighted by Gasteiger charge is 2.17. The average Bonchev–Trinajstić information content (AvgIpc) is 2.77. The first-order valence-electron chi connectivity index (χ1n) is 9.64. The van der Waals surface area contributed by atoms with Crippen molar-refractivity contribution >= 4 is 27.5 Å². The Morgan fingerprint density at radius 1 is 0.781 bits per heavy atom. The molecule has 3 rings (SSSR count). The van der Waals surface area contributed by atoms with Gasteiger partial charge in [0.1, 0.15) is 5.75 Å². The number of anilines is 1. The molecule has 3 aromatic carbocycles. The minimum Gasteiger partial charge on any atom is -0.497 e. The molecule has 0 radical (unpaired) electrons. The maximum absolute atomic E-state index is 12.7. The van der Waals surface area contributed by atoms with Gasteiger partial charge >= 0.3 is 0 Å². The first kappa shape index (κ1) is 22.8. The molecule has 2 amide bonds. The number of rotatable bonds is 6. The Bertz CT molecular complexity index is 1230. The third kappa shape index (κ3) is 5.64. The molecule has 3 N–H and O–H groups in total. The van der Waals surface area contributed by atoms with Crippen LogP contribution < -0.4 is 20.3 Å². The fourth-order valence-corrected chi connectivity index (χ4v) is 4.15. The number of carbonyl (C=O) groups is 2. The highest BCUT2D eigenvalue weighted by molar-refractivity contribution is 7.92. The normalized spacial score (nSPS) is 10.8. The largest absolute Gasteiger partial charge is 0.497 e. The molecule has 0 saturated carbocycles. The molecular weight excluding hydrogens is 430 g/mol. The van der Waals surface area contributed by atoms with E-state index in [1.807, 2.05) is 19.9 Å². The minimum absolute atomic E-state index is 0.0725. The van der Waals surface area contributed by atoms with Gasteiger partial charge in [-0.1, -0.05) is 23.3 Å². The molecule has 0 aliphatic carbocycles. The van der Waals surface area contributed by atoms with Crippen LogP contribution in [0.15, 0.2) is 71.6 Å². The number of benzene rings is 3. The van der Waals surface area contributed by atoms with Gasteiger partial charge in [0.2, 0.25) is 0 Å². The molecule has 0 atom stereocenters. The van der Waals surface area contributed by atoms with E-state index in [1.54, 1.807) is 36.4 Å². The van der Waals surface area contributed by atoms with Gasteiger partial charge in [0.05, 0.1) is 12.0 Å². The zero-order valence-corrected chi connectivity index (χ0v) is 18.6. The number of methoxy groups -OCH3 is 1. The molecule has 0 aliphatic rings. The monoisotopic (exact) mass is 453 g/mol. The number of sulfonamides is 1. The van der Waals surface area contributed by atoms with Crippen LogP contribution in [0.25, 0.3) is 0 Å². The lowest BCUT2D eigenvalue weighted by Crippen LogP contribution is -2.41. The standard InChI is InChI=1S/C23H23N3O5S/c1-15-11-16(2)13-18(12-15)23(28)25-24-22(27)17-5-4-6-21(14-17)32(29,30)26-19-7-9-20(31-3)10-8-19/h4-14,26H,1-3H3,(H,24,27)(H,25,28). The number of amides is 2. The Labute approximate surface area is 186 Å². The number of hydrogen-bond donors (Lipinski definition) is 3. The molecule has 0 spiro atoms. The molecule has 166 valence electrons. The summed E-state index contributed by atoms with van der Waals surface area (Å²) in [5.74, 6) is -0.534. The number of aryl methyl sites for hydroxylation is 2. The van der Waals surface area contributed by atoms with Gasteiger partial charge in [-0.2, -0.15) is 0 Å². The summed E-state index contributed by atoms with van der Waals surface area (Å²) in [4.78, 5) is 24.7. The summed E-state index contributed by atoms with van der Waals surface area (Å²) in [6.07, 6.45) is 0. The molecule has 3 aromatic rings. The van der Waals surface area contributed by atoms with Crippen molar-refractivity contribution in [3.05, 3.63) is 89.0 Å². The van der Waals surface area contributed by atoms with E-state index >= 15 is 0 Å². The fourth-order valence-electron chi connectivity index (χ4n) is 3.04. The van der Waals surface area contributed by atoms with Crippen molar-refractivity contribution in [2.45, 2.75) is 18.7 Å². The third-order valence-electron chi connectivity index (χ3n) is 4.52. The molecule has 9 heteroatoms. The molecule has 0 heterocycles. The van der Waals surface area contributed by atoms with Crippen LogP contribution in [0.1, 0.15) is 31.8 Å². The molecule has 0 saturated heterocycles. The predicted octanol–water partition coefficient (Wildman–Crippen LogP) is 3.19. The SMILES string of the molecule is COc1ccc(NS(=O)(=O)c2cccc(C(=O)NNC(=O)c3cc(C)cc(C)c3)c2)cc1. The van der Waals surface area contributed by atoms with Crippen molar-refractivity contribution in [2.75, 3.05) is 11.8 Å². The van der Waals surface area contributed by atoms with Gasteiger partial charge in [-0.3, -0.25) is 25.2 Å². The summed E-state index contributed by atoms with van der Waals surface area (Å²) >= 11 is 0. The van der Waals surface area contributed by atoms with E-state index in [-0.39, 0.29) is 10.5 Å². The van der Waals surface area contributed by atoms with E-state index < -0.39 is 21.8 Å². The van der Waals surface area contributed by atoms with E-state index in [0.717, 1.165) is 11.1 Å².